The van der Waals surface area contributed by atoms with Crippen molar-refractivity contribution in [2.45, 2.75) is 25.4 Å². The number of amides is 1. The average Bonchev–Trinajstić information content (AvgIpc) is 3.25. The number of nitrogens with zero attached hydrogens (tertiary/aromatic N) is 3. The molecule has 1 N–H and O–H groups in total. The van der Waals surface area contributed by atoms with Crippen LogP contribution in [0.5, 0.6) is 0 Å². The number of aryl methyl sites for hydroxylation is 2. The topological polar surface area (TPSA) is 94.1 Å². The van der Waals surface area contributed by atoms with Crippen molar-refractivity contribution >= 4 is 39.9 Å². The molecule has 0 spiro atoms. The zero-order chi connectivity index (χ0) is 18.1. The maximum Gasteiger partial charge on any atom is 0.230 e. The molecule has 0 radical (unpaired) electrons. The smallest absolute Gasteiger partial charge is 0.230 e. The Hall–Kier alpha value is -2.87. The van der Waals surface area contributed by atoms with Gasteiger partial charge in [-0.15, -0.1) is 0 Å². The van der Waals surface area contributed by atoms with E-state index < -0.39 is 0 Å². The van der Waals surface area contributed by atoms with E-state index in [4.69, 9.17) is 8.83 Å². The number of hydrogen-bond donors (Lipinski definition) is 1. The number of fused-ring (bicyclic) bond motifs is 3. The van der Waals surface area contributed by atoms with Crippen molar-refractivity contribution in [3.8, 4) is 0 Å². The Kier molecular flexibility index (Phi) is 4.34. The first-order valence-electron chi connectivity index (χ1n) is 8.05. The highest BCUT2D eigenvalue weighted by atomic mass is 32.2. The molecule has 4 aromatic heterocycles. The maximum absolute atomic E-state index is 12.1. The first-order valence-corrected chi connectivity index (χ1v) is 9.03. The average molecular weight is 368 g/mol. The van der Waals surface area contributed by atoms with Gasteiger partial charge in [0.25, 0.3) is 0 Å². The summed E-state index contributed by atoms with van der Waals surface area (Å²) in [5.74, 6) is 0.816. The molecular formula is C18H16N4O3S. The number of hydrogen-bond acceptors (Lipinski definition) is 7. The lowest BCUT2D eigenvalue weighted by Crippen LogP contribution is -2.24. The van der Waals surface area contributed by atoms with Crippen molar-refractivity contribution in [3.05, 3.63) is 47.8 Å². The number of nitrogens with one attached hydrogen (secondary N) is 1. The SMILES string of the molecule is Cc1cc(C)c2c(n1)oc1c(SCC(=O)NCc3ccco3)ncnc12. The van der Waals surface area contributed by atoms with Gasteiger partial charge in [-0.1, -0.05) is 11.8 Å². The zero-order valence-corrected chi connectivity index (χ0v) is 15.1. The van der Waals surface area contributed by atoms with Crippen molar-refractivity contribution in [3.63, 3.8) is 0 Å². The molecule has 26 heavy (non-hydrogen) atoms. The minimum absolute atomic E-state index is 0.112. The third-order valence-electron chi connectivity index (χ3n) is 3.90. The molecule has 0 saturated heterocycles. The fraction of sp³-hybridized carbons (Fsp3) is 0.222. The van der Waals surface area contributed by atoms with Crippen LogP contribution in [-0.4, -0.2) is 26.6 Å². The number of carbonyl (C=O) groups excluding carboxylic acids is 1. The second-order valence-corrected chi connectivity index (χ2v) is 6.83. The molecule has 4 rings (SSSR count). The summed E-state index contributed by atoms with van der Waals surface area (Å²) in [7, 11) is 0. The van der Waals surface area contributed by atoms with Crippen LogP contribution >= 0.6 is 11.8 Å². The van der Waals surface area contributed by atoms with Gasteiger partial charge in [-0.25, -0.2) is 15.0 Å². The Labute approximate surface area is 153 Å². The van der Waals surface area contributed by atoms with E-state index in [-0.39, 0.29) is 11.7 Å². The van der Waals surface area contributed by atoms with Gasteiger partial charge < -0.3 is 14.2 Å². The van der Waals surface area contributed by atoms with Gasteiger partial charge in [-0.05, 0) is 37.6 Å². The van der Waals surface area contributed by atoms with Crippen LogP contribution in [0.4, 0.5) is 0 Å². The first-order chi connectivity index (χ1) is 12.6. The van der Waals surface area contributed by atoms with E-state index in [0.717, 1.165) is 22.2 Å². The van der Waals surface area contributed by atoms with Gasteiger partial charge in [0.15, 0.2) is 5.58 Å². The molecule has 8 heteroatoms. The van der Waals surface area contributed by atoms with Crippen LogP contribution in [0.2, 0.25) is 0 Å². The van der Waals surface area contributed by atoms with E-state index in [0.29, 0.717) is 28.6 Å². The minimum Gasteiger partial charge on any atom is -0.467 e. The van der Waals surface area contributed by atoms with E-state index in [9.17, 15) is 4.79 Å². The summed E-state index contributed by atoms with van der Waals surface area (Å²) in [5.41, 5.74) is 3.76. The van der Waals surface area contributed by atoms with Gasteiger partial charge in [-0.3, -0.25) is 4.79 Å². The van der Waals surface area contributed by atoms with Gasteiger partial charge in [-0.2, -0.15) is 0 Å². The predicted molar refractivity (Wildman–Crippen MR) is 97.9 cm³/mol. The molecule has 7 nitrogen and oxygen atoms in total. The lowest BCUT2D eigenvalue weighted by atomic mass is 10.1. The standard InChI is InChI=1S/C18H16N4O3S/c1-10-6-11(2)22-17-14(10)15-16(25-17)18(21-9-20-15)26-8-13(23)19-7-12-4-3-5-24-12/h3-6,9H,7-8H2,1-2H3,(H,19,23). The first kappa shape index (κ1) is 16.6. The third kappa shape index (κ3) is 3.15. The Morgan fingerprint density at radius 3 is 3.00 bits per heavy atom. The molecule has 0 atom stereocenters. The van der Waals surface area contributed by atoms with Crippen LogP contribution in [0, 0.1) is 13.8 Å². The summed E-state index contributed by atoms with van der Waals surface area (Å²) < 4.78 is 11.1. The Morgan fingerprint density at radius 2 is 2.19 bits per heavy atom. The third-order valence-corrected chi connectivity index (χ3v) is 4.87. The van der Waals surface area contributed by atoms with Gasteiger partial charge in [0.2, 0.25) is 11.6 Å². The van der Waals surface area contributed by atoms with Gasteiger partial charge >= 0.3 is 0 Å². The summed E-state index contributed by atoms with van der Waals surface area (Å²) in [6.07, 6.45) is 3.06. The van der Waals surface area contributed by atoms with E-state index in [1.165, 1.54) is 18.1 Å². The molecule has 0 aliphatic heterocycles. The fourth-order valence-electron chi connectivity index (χ4n) is 2.78. The second-order valence-electron chi connectivity index (χ2n) is 5.86. The van der Waals surface area contributed by atoms with Crippen LogP contribution in [0.1, 0.15) is 17.0 Å². The number of thioether (sulfide) groups is 1. The Bertz CT molecular complexity index is 1090. The number of carbonyl (C=O) groups is 1. The monoisotopic (exact) mass is 368 g/mol. The summed E-state index contributed by atoms with van der Waals surface area (Å²) in [4.78, 5) is 25.1. The molecular weight excluding hydrogens is 352 g/mol. The quantitative estimate of drug-likeness (QED) is 0.426. The zero-order valence-electron chi connectivity index (χ0n) is 14.3. The van der Waals surface area contributed by atoms with E-state index in [2.05, 4.69) is 20.3 Å². The van der Waals surface area contributed by atoms with Gasteiger partial charge in [0.05, 0.1) is 23.9 Å². The molecule has 0 aliphatic carbocycles. The highest BCUT2D eigenvalue weighted by molar-refractivity contribution is 8.00. The van der Waals surface area contributed by atoms with E-state index >= 15 is 0 Å². The van der Waals surface area contributed by atoms with Crippen molar-refractivity contribution in [1.82, 2.24) is 20.3 Å². The highest BCUT2D eigenvalue weighted by Gasteiger charge is 2.17. The molecule has 0 saturated carbocycles. The lowest BCUT2D eigenvalue weighted by Gasteiger charge is -2.03. The highest BCUT2D eigenvalue weighted by Crippen LogP contribution is 2.33. The van der Waals surface area contributed by atoms with Gasteiger partial charge in [0.1, 0.15) is 22.6 Å². The molecule has 0 fully saturated rings. The Morgan fingerprint density at radius 1 is 1.31 bits per heavy atom. The molecule has 1 amide bonds. The van der Waals surface area contributed by atoms with E-state index in [1.807, 2.05) is 26.0 Å². The summed E-state index contributed by atoms with van der Waals surface area (Å²) >= 11 is 1.31. The molecule has 0 unspecified atom stereocenters. The maximum atomic E-state index is 12.1. The van der Waals surface area contributed by atoms with Crippen LogP contribution < -0.4 is 5.32 Å². The predicted octanol–water partition coefficient (Wildman–Crippen LogP) is 3.39. The summed E-state index contributed by atoms with van der Waals surface area (Å²) in [6.45, 7) is 4.28. The largest absolute Gasteiger partial charge is 0.467 e. The molecule has 4 heterocycles. The Balaban J connectivity index is 1.55. The van der Waals surface area contributed by atoms with Gasteiger partial charge in [0, 0.05) is 5.69 Å². The van der Waals surface area contributed by atoms with Crippen LogP contribution in [0.25, 0.3) is 22.2 Å². The van der Waals surface area contributed by atoms with Crippen molar-refractivity contribution < 1.29 is 13.6 Å². The van der Waals surface area contributed by atoms with Crippen molar-refractivity contribution in [1.29, 1.82) is 0 Å². The van der Waals surface area contributed by atoms with E-state index in [1.54, 1.807) is 12.3 Å². The number of furan rings is 2. The lowest BCUT2D eigenvalue weighted by molar-refractivity contribution is -0.118. The minimum atomic E-state index is -0.112. The molecule has 0 aliphatic rings. The van der Waals surface area contributed by atoms with Crippen LogP contribution in [0.3, 0.4) is 0 Å². The summed E-state index contributed by atoms with van der Waals surface area (Å²) in [5, 5.41) is 4.32. The normalized spacial score (nSPS) is 11.3. The van der Waals surface area contributed by atoms with Crippen LogP contribution in [-0.2, 0) is 11.3 Å². The molecule has 0 bridgehead atoms. The van der Waals surface area contributed by atoms with Crippen molar-refractivity contribution in [2.75, 3.05) is 5.75 Å². The number of pyridine rings is 1. The molecule has 0 aromatic carbocycles. The summed E-state index contributed by atoms with van der Waals surface area (Å²) in [6, 6.07) is 5.59. The second kappa shape index (κ2) is 6.80. The molecule has 4 aromatic rings. The fourth-order valence-corrected chi connectivity index (χ4v) is 3.54. The van der Waals surface area contributed by atoms with Crippen molar-refractivity contribution in [2.24, 2.45) is 0 Å². The van der Waals surface area contributed by atoms with Crippen LogP contribution in [0.15, 0.2) is 44.6 Å². The number of aromatic nitrogens is 3. The molecule has 132 valence electrons. The number of rotatable bonds is 5.